The molecule has 0 bridgehead atoms. The predicted octanol–water partition coefficient (Wildman–Crippen LogP) is 2.72. The average molecular weight is 329 g/mol. The van der Waals surface area contributed by atoms with E-state index in [4.69, 9.17) is 0 Å². The number of aromatic nitrogens is 2. The molecule has 2 aromatic rings. The van der Waals surface area contributed by atoms with Crippen molar-refractivity contribution in [3.63, 3.8) is 0 Å². The van der Waals surface area contributed by atoms with Gasteiger partial charge in [0.1, 0.15) is 6.04 Å². The van der Waals surface area contributed by atoms with Gasteiger partial charge in [-0.25, -0.2) is 9.48 Å². The highest BCUT2D eigenvalue weighted by Crippen LogP contribution is 2.14. The number of nitrogens with one attached hydrogen (secondary N) is 1. The number of rotatable bonds is 6. The summed E-state index contributed by atoms with van der Waals surface area (Å²) in [7, 11) is 0. The van der Waals surface area contributed by atoms with Crippen molar-refractivity contribution >= 4 is 11.9 Å². The highest BCUT2D eigenvalue weighted by molar-refractivity contribution is 5.95. The van der Waals surface area contributed by atoms with Gasteiger partial charge in [0.2, 0.25) is 0 Å². The number of amides is 1. The van der Waals surface area contributed by atoms with E-state index < -0.39 is 17.9 Å². The van der Waals surface area contributed by atoms with Crippen LogP contribution in [0.3, 0.4) is 0 Å². The molecule has 0 aliphatic heterocycles. The first-order valence-corrected chi connectivity index (χ1v) is 7.95. The number of aliphatic carboxylic acids is 1. The van der Waals surface area contributed by atoms with Crippen LogP contribution in [-0.4, -0.2) is 32.8 Å². The summed E-state index contributed by atoms with van der Waals surface area (Å²) in [4.78, 5) is 23.6. The number of benzene rings is 1. The maximum absolute atomic E-state index is 12.3. The molecule has 2 rings (SSSR count). The summed E-state index contributed by atoms with van der Waals surface area (Å²) < 4.78 is 1.67. The van der Waals surface area contributed by atoms with Crippen LogP contribution in [0.15, 0.2) is 30.3 Å². The van der Waals surface area contributed by atoms with E-state index in [2.05, 4.69) is 10.4 Å². The molecule has 6 heteroatoms. The molecule has 0 aliphatic carbocycles. The summed E-state index contributed by atoms with van der Waals surface area (Å²) >= 11 is 0. The van der Waals surface area contributed by atoms with Gasteiger partial charge in [-0.3, -0.25) is 4.79 Å². The highest BCUT2D eigenvalue weighted by atomic mass is 16.4. The topological polar surface area (TPSA) is 84.2 Å². The average Bonchev–Trinajstić information content (AvgIpc) is 2.89. The van der Waals surface area contributed by atoms with Crippen LogP contribution in [0.2, 0.25) is 0 Å². The molecule has 1 amide bonds. The first-order valence-electron chi connectivity index (χ1n) is 7.95. The first kappa shape index (κ1) is 17.7. The van der Waals surface area contributed by atoms with E-state index in [0.717, 1.165) is 16.9 Å². The molecule has 1 unspecified atom stereocenters. The number of carbonyl (C=O) groups excluding carboxylic acids is 1. The Morgan fingerprint density at radius 1 is 1.21 bits per heavy atom. The Morgan fingerprint density at radius 3 is 2.38 bits per heavy atom. The number of aryl methyl sites for hydroxylation is 2. The van der Waals surface area contributed by atoms with Gasteiger partial charge in [0, 0.05) is 5.69 Å². The fraction of sp³-hybridized carbons (Fsp3) is 0.389. The molecule has 0 spiro atoms. The van der Waals surface area contributed by atoms with Crippen molar-refractivity contribution in [2.45, 2.75) is 40.2 Å². The van der Waals surface area contributed by atoms with Crippen molar-refractivity contribution < 1.29 is 14.7 Å². The van der Waals surface area contributed by atoms with Gasteiger partial charge in [0.15, 0.2) is 5.69 Å². The van der Waals surface area contributed by atoms with Gasteiger partial charge in [-0.05, 0) is 44.4 Å². The van der Waals surface area contributed by atoms with E-state index in [-0.39, 0.29) is 11.6 Å². The van der Waals surface area contributed by atoms with Gasteiger partial charge >= 0.3 is 5.97 Å². The zero-order chi connectivity index (χ0) is 17.9. The Morgan fingerprint density at radius 2 is 1.83 bits per heavy atom. The molecule has 0 radical (unpaired) electrons. The van der Waals surface area contributed by atoms with Crippen LogP contribution in [0.4, 0.5) is 0 Å². The third-order valence-electron chi connectivity index (χ3n) is 3.71. The molecule has 24 heavy (non-hydrogen) atoms. The lowest BCUT2D eigenvalue weighted by Gasteiger charge is -2.15. The molecule has 128 valence electrons. The van der Waals surface area contributed by atoms with Crippen LogP contribution in [0.1, 0.15) is 42.0 Å². The van der Waals surface area contributed by atoms with E-state index in [1.54, 1.807) is 10.7 Å². The Balaban J connectivity index is 2.20. The molecule has 0 fully saturated rings. The quantitative estimate of drug-likeness (QED) is 0.853. The lowest BCUT2D eigenvalue weighted by molar-refractivity contribution is -0.139. The number of carboxylic acids is 1. The zero-order valence-electron chi connectivity index (χ0n) is 14.4. The van der Waals surface area contributed by atoms with Crippen LogP contribution in [0.5, 0.6) is 0 Å². The highest BCUT2D eigenvalue weighted by Gasteiger charge is 2.23. The second-order valence-corrected chi connectivity index (χ2v) is 6.41. The van der Waals surface area contributed by atoms with Crippen LogP contribution in [-0.2, 0) is 4.79 Å². The number of carbonyl (C=O) groups is 2. The summed E-state index contributed by atoms with van der Waals surface area (Å²) in [6.07, 6.45) is 0.374. The molecule has 0 saturated carbocycles. The molecule has 2 N–H and O–H groups in total. The molecule has 6 nitrogen and oxygen atoms in total. The van der Waals surface area contributed by atoms with Gasteiger partial charge < -0.3 is 10.4 Å². The normalized spacial score (nSPS) is 12.2. The minimum absolute atomic E-state index is 0.165. The van der Waals surface area contributed by atoms with E-state index in [1.165, 1.54) is 0 Å². The second kappa shape index (κ2) is 7.29. The van der Waals surface area contributed by atoms with Crippen LogP contribution >= 0.6 is 0 Å². The van der Waals surface area contributed by atoms with Crippen molar-refractivity contribution in [2.24, 2.45) is 5.92 Å². The molecular weight excluding hydrogens is 306 g/mol. The summed E-state index contributed by atoms with van der Waals surface area (Å²) in [5.41, 5.74) is 3.01. The summed E-state index contributed by atoms with van der Waals surface area (Å²) in [5, 5.41) is 16.1. The SMILES string of the molecule is Cc1ccc(-n2nc(C(=O)NC(CC(C)C)C(=O)O)cc2C)cc1. The minimum Gasteiger partial charge on any atom is -0.480 e. The fourth-order valence-corrected chi connectivity index (χ4v) is 2.46. The van der Waals surface area contributed by atoms with Crippen LogP contribution < -0.4 is 5.32 Å². The van der Waals surface area contributed by atoms with Crippen LogP contribution in [0, 0.1) is 19.8 Å². The summed E-state index contributed by atoms with van der Waals surface area (Å²) in [6, 6.07) is 8.54. The minimum atomic E-state index is -1.04. The van der Waals surface area contributed by atoms with Gasteiger partial charge in [-0.15, -0.1) is 0 Å². The smallest absolute Gasteiger partial charge is 0.326 e. The van der Waals surface area contributed by atoms with Crippen molar-refractivity contribution in [1.29, 1.82) is 0 Å². The van der Waals surface area contributed by atoms with Crippen LogP contribution in [0.25, 0.3) is 5.69 Å². The second-order valence-electron chi connectivity index (χ2n) is 6.41. The Hall–Kier alpha value is -2.63. The molecule has 1 aromatic carbocycles. The third-order valence-corrected chi connectivity index (χ3v) is 3.71. The molecular formula is C18H23N3O3. The fourth-order valence-electron chi connectivity index (χ4n) is 2.46. The lowest BCUT2D eigenvalue weighted by Crippen LogP contribution is -2.41. The molecule has 1 atom stereocenters. The third kappa shape index (κ3) is 4.22. The van der Waals surface area contributed by atoms with Crippen molar-refractivity contribution in [3.05, 3.63) is 47.3 Å². The molecule has 0 aliphatic rings. The Bertz CT molecular complexity index is 732. The van der Waals surface area contributed by atoms with Crippen molar-refractivity contribution in [3.8, 4) is 5.69 Å². The summed E-state index contributed by atoms with van der Waals surface area (Å²) in [6.45, 7) is 7.68. The summed E-state index contributed by atoms with van der Waals surface area (Å²) in [5.74, 6) is -1.35. The van der Waals surface area contributed by atoms with E-state index in [1.807, 2.05) is 52.0 Å². The zero-order valence-corrected chi connectivity index (χ0v) is 14.4. The predicted molar refractivity (Wildman–Crippen MR) is 91.4 cm³/mol. The molecule has 0 saturated heterocycles. The number of nitrogens with zero attached hydrogens (tertiary/aromatic N) is 2. The van der Waals surface area contributed by atoms with Gasteiger partial charge in [-0.1, -0.05) is 31.5 Å². The maximum Gasteiger partial charge on any atom is 0.326 e. The van der Waals surface area contributed by atoms with Gasteiger partial charge in [0.05, 0.1) is 5.69 Å². The van der Waals surface area contributed by atoms with Gasteiger partial charge in [-0.2, -0.15) is 5.10 Å². The number of hydrogen-bond donors (Lipinski definition) is 2. The van der Waals surface area contributed by atoms with E-state index in [0.29, 0.717) is 6.42 Å². The van der Waals surface area contributed by atoms with Crippen molar-refractivity contribution in [1.82, 2.24) is 15.1 Å². The first-order chi connectivity index (χ1) is 11.3. The van der Waals surface area contributed by atoms with E-state index in [9.17, 15) is 14.7 Å². The largest absolute Gasteiger partial charge is 0.480 e. The Labute approximate surface area is 141 Å². The van der Waals surface area contributed by atoms with Crippen molar-refractivity contribution in [2.75, 3.05) is 0 Å². The molecule has 1 heterocycles. The molecule has 1 aromatic heterocycles. The van der Waals surface area contributed by atoms with Gasteiger partial charge in [0.25, 0.3) is 5.91 Å². The lowest BCUT2D eigenvalue weighted by atomic mass is 10.0. The van der Waals surface area contributed by atoms with E-state index >= 15 is 0 Å². The Kier molecular flexibility index (Phi) is 5.39. The number of carboxylic acid groups (broad SMARTS) is 1. The number of hydrogen-bond acceptors (Lipinski definition) is 3. The monoisotopic (exact) mass is 329 g/mol. The standard InChI is InChI=1S/C18H23N3O3/c1-11(2)9-16(18(23)24)19-17(22)15-10-13(4)21(20-15)14-7-5-12(3)6-8-14/h5-8,10-11,16H,9H2,1-4H3,(H,19,22)(H,23,24). The maximum atomic E-state index is 12.3.